The van der Waals surface area contributed by atoms with Crippen LogP contribution in [0.2, 0.25) is 0 Å². The van der Waals surface area contributed by atoms with Crippen LogP contribution < -0.4 is 0 Å². The molecule has 15 heavy (non-hydrogen) atoms. The van der Waals surface area contributed by atoms with Crippen molar-refractivity contribution in [1.29, 1.82) is 0 Å². The summed E-state index contributed by atoms with van der Waals surface area (Å²) in [7, 11) is 3.33. The Kier molecular flexibility index (Phi) is 6.01. The van der Waals surface area contributed by atoms with Crippen molar-refractivity contribution >= 4 is 6.09 Å². The lowest BCUT2D eigenvalue weighted by atomic mass is 10.2. The molecule has 0 aromatic carbocycles. The monoisotopic (exact) mass is 215 g/mol. The van der Waals surface area contributed by atoms with Crippen LogP contribution in [0.25, 0.3) is 0 Å². The average Bonchev–Trinajstić information content (AvgIpc) is 2.09. The molecule has 0 spiro atoms. The fraction of sp³-hybridized carbons (Fsp3) is 0.727. The molecule has 0 aromatic rings. The van der Waals surface area contributed by atoms with Crippen molar-refractivity contribution in [1.82, 2.24) is 4.90 Å². The number of amides is 1. The topological polar surface area (TPSA) is 38.8 Å². The van der Waals surface area contributed by atoms with Crippen LogP contribution in [0, 0.1) is 0 Å². The molecular weight excluding hydrogens is 194 g/mol. The van der Waals surface area contributed by atoms with Gasteiger partial charge in [-0.05, 0) is 20.8 Å². The van der Waals surface area contributed by atoms with Gasteiger partial charge < -0.3 is 14.4 Å². The summed E-state index contributed by atoms with van der Waals surface area (Å²) in [4.78, 5) is 13.0. The first-order valence-corrected chi connectivity index (χ1v) is 4.95. The lowest BCUT2D eigenvalue weighted by molar-refractivity contribution is 0.0317. The lowest BCUT2D eigenvalue weighted by Crippen LogP contribution is -2.34. The van der Waals surface area contributed by atoms with Gasteiger partial charge in [0.1, 0.15) is 5.60 Å². The molecule has 0 fully saturated rings. The molecule has 0 saturated heterocycles. The predicted molar refractivity (Wildman–Crippen MR) is 59.9 cm³/mol. The van der Waals surface area contributed by atoms with E-state index in [4.69, 9.17) is 9.47 Å². The normalized spacial score (nSPS) is 11.8. The maximum atomic E-state index is 11.5. The van der Waals surface area contributed by atoms with E-state index in [0.717, 1.165) is 0 Å². The molecule has 0 atom stereocenters. The summed E-state index contributed by atoms with van der Waals surface area (Å²) in [6.45, 7) is 6.62. The third-order valence-electron chi connectivity index (χ3n) is 1.51. The van der Waals surface area contributed by atoms with Crippen LogP contribution in [-0.2, 0) is 9.47 Å². The van der Waals surface area contributed by atoms with Crippen LogP contribution in [-0.4, -0.2) is 43.9 Å². The second-order valence-corrected chi connectivity index (χ2v) is 4.29. The van der Waals surface area contributed by atoms with Crippen molar-refractivity contribution < 1.29 is 14.3 Å². The minimum Gasteiger partial charge on any atom is -0.444 e. The van der Waals surface area contributed by atoms with Gasteiger partial charge in [0.15, 0.2) is 0 Å². The minimum atomic E-state index is -0.443. The molecule has 0 radical (unpaired) electrons. The van der Waals surface area contributed by atoms with Gasteiger partial charge in [0, 0.05) is 20.7 Å². The number of carbonyl (C=O) groups is 1. The number of nitrogens with zero attached hydrogens (tertiary/aromatic N) is 1. The molecule has 0 aromatic heterocycles. The Balaban J connectivity index is 3.89. The lowest BCUT2D eigenvalue weighted by Gasteiger charge is -2.23. The van der Waals surface area contributed by atoms with Gasteiger partial charge in [-0.1, -0.05) is 12.2 Å². The summed E-state index contributed by atoms with van der Waals surface area (Å²) >= 11 is 0. The summed E-state index contributed by atoms with van der Waals surface area (Å²) in [5.74, 6) is 0. The van der Waals surface area contributed by atoms with Crippen LogP contribution in [0.4, 0.5) is 4.79 Å². The first-order chi connectivity index (χ1) is 6.87. The zero-order chi connectivity index (χ0) is 11.9. The number of ether oxygens (including phenoxy) is 2. The number of hydrogen-bond acceptors (Lipinski definition) is 3. The Labute approximate surface area is 91.8 Å². The molecule has 0 heterocycles. The van der Waals surface area contributed by atoms with E-state index in [0.29, 0.717) is 13.2 Å². The van der Waals surface area contributed by atoms with E-state index in [1.165, 1.54) is 4.90 Å². The average molecular weight is 215 g/mol. The van der Waals surface area contributed by atoms with Crippen molar-refractivity contribution in [2.75, 3.05) is 27.3 Å². The molecule has 0 N–H and O–H groups in total. The van der Waals surface area contributed by atoms with E-state index in [2.05, 4.69) is 0 Å². The van der Waals surface area contributed by atoms with Crippen molar-refractivity contribution in [2.45, 2.75) is 26.4 Å². The van der Waals surface area contributed by atoms with Crippen molar-refractivity contribution in [3.63, 3.8) is 0 Å². The van der Waals surface area contributed by atoms with Crippen molar-refractivity contribution in [2.24, 2.45) is 0 Å². The van der Waals surface area contributed by atoms with Gasteiger partial charge in [-0.25, -0.2) is 4.79 Å². The molecule has 0 aliphatic heterocycles. The van der Waals surface area contributed by atoms with E-state index in [1.807, 2.05) is 32.9 Å². The molecule has 0 bridgehead atoms. The molecular formula is C11H21NO3. The first kappa shape index (κ1) is 14.0. The Morgan fingerprint density at radius 3 is 2.40 bits per heavy atom. The van der Waals surface area contributed by atoms with Crippen LogP contribution >= 0.6 is 0 Å². The number of likely N-dealkylation sites (N-methyl/N-ethyl adjacent to an activating group) is 1. The summed E-state index contributed by atoms with van der Waals surface area (Å²) in [5.41, 5.74) is -0.443. The Hall–Kier alpha value is -1.03. The van der Waals surface area contributed by atoms with Crippen molar-refractivity contribution in [3.8, 4) is 0 Å². The van der Waals surface area contributed by atoms with Crippen LogP contribution in [0.15, 0.2) is 12.2 Å². The van der Waals surface area contributed by atoms with Crippen LogP contribution in [0.1, 0.15) is 20.8 Å². The minimum absolute atomic E-state index is 0.315. The summed E-state index contributed by atoms with van der Waals surface area (Å²) < 4.78 is 10.0. The molecule has 88 valence electrons. The molecule has 0 aliphatic rings. The maximum Gasteiger partial charge on any atom is 0.410 e. The van der Waals surface area contributed by atoms with E-state index in [-0.39, 0.29) is 6.09 Å². The van der Waals surface area contributed by atoms with E-state index in [1.54, 1.807) is 14.2 Å². The number of methoxy groups -OCH3 is 1. The largest absolute Gasteiger partial charge is 0.444 e. The number of carbonyl (C=O) groups excluding carboxylic acids is 1. The SMILES string of the molecule is COC/C=C\CN(C)C(=O)OC(C)(C)C. The maximum absolute atomic E-state index is 11.5. The van der Waals surface area contributed by atoms with Crippen LogP contribution in [0.5, 0.6) is 0 Å². The van der Waals surface area contributed by atoms with Crippen LogP contribution in [0.3, 0.4) is 0 Å². The molecule has 4 nitrogen and oxygen atoms in total. The highest BCUT2D eigenvalue weighted by Gasteiger charge is 2.18. The van der Waals surface area contributed by atoms with Gasteiger partial charge in [0.05, 0.1) is 6.61 Å². The number of hydrogen-bond donors (Lipinski definition) is 0. The van der Waals surface area contributed by atoms with Gasteiger partial charge in [0.2, 0.25) is 0 Å². The molecule has 0 aliphatic carbocycles. The fourth-order valence-corrected chi connectivity index (χ4v) is 0.811. The van der Waals surface area contributed by atoms with E-state index < -0.39 is 5.60 Å². The zero-order valence-electron chi connectivity index (χ0n) is 10.2. The Morgan fingerprint density at radius 2 is 1.93 bits per heavy atom. The molecule has 4 heteroatoms. The molecule has 0 rings (SSSR count). The van der Waals surface area contributed by atoms with Gasteiger partial charge in [-0.3, -0.25) is 0 Å². The third-order valence-corrected chi connectivity index (χ3v) is 1.51. The van der Waals surface area contributed by atoms with Gasteiger partial charge >= 0.3 is 6.09 Å². The fourth-order valence-electron chi connectivity index (χ4n) is 0.811. The summed E-state index contributed by atoms with van der Waals surface area (Å²) in [6, 6.07) is 0. The quantitative estimate of drug-likeness (QED) is 0.674. The highest BCUT2D eigenvalue weighted by atomic mass is 16.6. The van der Waals surface area contributed by atoms with Crippen molar-refractivity contribution in [3.05, 3.63) is 12.2 Å². The highest BCUT2D eigenvalue weighted by molar-refractivity contribution is 5.67. The smallest absolute Gasteiger partial charge is 0.410 e. The molecule has 0 unspecified atom stereocenters. The van der Waals surface area contributed by atoms with E-state index >= 15 is 0 Å². The molecule has 0 saturated carbocycles. The third kappa shape index (κ3) is 8.00. The number of rotatable bonds is 4. The predicted octanol–water partition coefficient (Wildman–Crippen LogP) is 2.06. The standard InChI is InChI=1S/C11H21NO3/c1-11(2,3)15-10(13)12(4)8-6-7-9-14-5/h6-7H,8-9H2,1-5H3/b7-6-. The second kappa shape index (κ2) is 6.45. The second-order valence-electron chi connectivity index (χ2n) is 4.29. The summed E-state index contributed by atoms with van der Waals surface area (Å²) in [5, 5.41) is 0. The van der Waals surface area contributed by atoms with E-state index in [9.17, 15) is 4.79 Å². The summed E-state index contributed by atoms with van der Waals surface area (Å²) in [6.07, 6.45) is 3.42. The van der Waals surface area contributed by atoms with Gasteiger partial charge in [-0.15, -0.1) is 0 Å². The van der Waals surface area contributed by atoms with Gasteiger partial charge in [-0.2, -0.15) is 0 Å². The first-order valence-electron chi connectivity index (χ1n) is 4.95. The van der Waals surface area contributed by atoms with Gasteiger partial charge in [0.25, 0.3) is 0 Å². The Bertz CT molecular complexity index is 218. The Morgan fingerprint density at radius 1 is 1.33 bits per heavy atom. The molecule has 1 amide bonds. The highest BCUT2D eigenvalue weighted by Crippen LogP contribution is 2.08. The zero-order valence-corrected chi connectivity index (χ0v) is 10.2.